The second-order valence-electron chi connectivity index (χ2n) is 8.54. The van der Waals surface area contributed by atoms with Gasteiger partial charge < -0.3 is 14.5 Å². The van der Waals surface area contributed by atoms with E-state index in [2.05, 4.69) is 40.2 Å². The van der Waals surface area contributed by atoms with Gasteiger partial charge >= 0.3 is 6.09 Å². The molecule has 2 atom stereocenters. The van der Waals surface area contributed by atoms with Crippen molar-refractivity contribution in [3.05, 3.63) is 59.9 Å². The molecule has 2 bridgehead atoms. The SMILES string of the molecule is CC(C)(C)OC(=O)N1C[C@@H]2C[C@H]1CN2c1cncc(Cc2ccccc2)c1. The summed E-state index contributed by atoms with van der Waals surface area (Å²) in [7, 11) is 0. The first kappa shape index (κ1) is 17.8. The van der Waals surface area contributed by atoms with Crippen LogP contribution in [0.25, 0.3) is 0 Å². The summed E-state index contributed by atoms with van der Waals surface area (Å²) in [5, 5.41) is 0. The molecule has 5 nitrogen and oxygen atoms in total. The topological polar surface area (TPSA) is 45.7 Å². The van der Waals surface area contributed by atoms with Crippen molar-refractivity contribution >= 4 is 11.8 Å². The summed E-state index contributed by atoms with van der Waals surface area (Å²) in [6, 6.07) is 13.3. The molecule has 2 saturated heterocycles. The molecule has 3 heterocycles. The first-order valence-corrected chi connectivity index (χ1v) is 9.63. The van der Waals surface area contributed by atoms with Crippen LogP contribution in [-0.4, -0.2) is 46.8 Å². The summed E-state index contributed by atoms with van der Waals surface area (Å²) in [5.41, 5.74) is 3.20. The Labute approximate surface area is 161 Å². The second kappa shape index (κ2) is 6.87. The third-order valence-corrected chi connectivity index (χ3v) is 5.23. The summed E-state index contributed by atoms with van der Waals surface area (Å²) in [5.74, 6) is 0. The molecule has 4 rings (SSSR count). The van der Waals surface area contributed by atoms with Crippen molar-refractivity contribution in [2.75, 3.05) is 18.0 Å². The van der Waals surface area contributed by atoms with Crippen LogP contribution in [0.2, 0.25) is 0 Å². The third-order valence-electron chi connectivity index (χ3n) is 5.23. The van der Waals surface area contributed by atoms with Crippen LogP contribution in [0, 0.1) is 0 Å². The molecule has 0 unspecified atom stereocenters. The number of benzene rings is 1. The van der Waals surface area contributed by atoms with Crippen LogP contribution in [0.4, 0.5) is 10.5 Å². The molecule has 2 aliphatic heterocycles. The van der Waals surface area contributed by atoms with E-state index in [1.807, 2.05) is 44.1 Å². The summed E-state index contributed by atoms with van der Waals surface area (Å²) in [6.45, 7) is 7.31. The maximum atomic E-state index is 12.4. The van der Waals surface area contributed by atoms with Crippen LogP contribution < -0.4 is 4.90 Å². The molecule has 1 amide bonds. The van der Waals surface area contributed by atoms with Gasteiger partial charge in [0, 0.05) is 25.3 Å². The maximum Gasteiger partial charge on any atom is 0.410 e. The van der Waals surface area contributed by atoms with Gasteiger partial charge in [-0.05, 0) is 50.8 Å². The van der Waals surface area contributed by atoms with Gasteiger partial charge in [-0.2, -0.15) is 0 Å². The number of amides is 1. The Morgan fingerprint density at radius 2 is 1.89 bits per heavy atom. The monoisotopic (exact) mass is 365 g/mol. The first-order valence-electron chi connectivity index (χ1n) is 9.63. The number of fused-ring (bicyclic) bond motifs is 2. The Kier molecular flexibility index (Phi) is 4.54. The van der Waals surface area contributed by atoms with Crippen LogP contribution in [0.1, 0.15) is 38.3 Å². The molecule has 0 N–H and O–H groups in total. The molecule has 27 heavy (non-hydrogen) atoms. The van der Waals surface area contributed by atoms with Crippen molar-refractivity contribution in [2.45, 2.75) is 51.3 Å². The average molecular weight is 365 g/mol. The van der Waals surface area contributed by atoms with Crippen molar-refractivity contribution in [3.8, 4) is 0 Å². The minimum atomic E-state index is -0.450. The number of likely N-dealkylation sites (tertiary alicyclic amines) is 1. The summed E-state index contributed by atoms with van der Waals surface area (Å²) in [6.07, 6.45) is 5.58. The summed E-state index contributed by atoms with van der Waals surface area (Å²) in [4.78, 5) is 21.2. The molecule has 0 aliphatic carbocycles. The molecule has 2 fully saturated rings. The summed E-state index contributed by atoms with van der Waals surface area (Å²) < 4.78 is 5.56. The Morgan fingerprint density at radius 3 is 2.56 bits per heavy atom. The van der Waals surface area contributed by atoms with Crippen molar-refractivity contribution in [1.82, 2.24) is 9.88 Å². The van der Waals surface area contributed by atoms with E-state index in [0.29, 0.717) is 6.04 Å². The molecule has 5 heteroatoms. The predicted molar refractivity (Wildman–Crippen MR) is 106 cm³/mol. The van der Waals surface area contributed by atoms with E-state index in [-0.39, 0.29) is 12.1 Å². The van der Waals surface area contributed by atoms with Crippen LogP contribution in [0.5, 0.6) is 0 Å². The van der Waals surface area contributed by atoms with Gasteiger partial charge in [-0.25, -0.2) is 4.79 Å². The second-order valence-corrected chi connectivity index (χ2v) is 8.54. The molecule has 1 aromatic heterocycles. The lowest BCUT2D eigenvalue weighted by Gasteiger charge is -2.36. The van der Waals surface area contributed by atoms with Crippen LogP contribution in [-0.2, 0) is 11.2 Å². The lowest BCUT2D eigenvalue weighted by atomic mass is 10.1. The quantitative estimate of drug-likeness (QED) is 0.828. The van der Waals surface area contributed by atoms with Gasteiger partial charge in [0.2, 0.25) is 0 Å². The maximum absolute atomic E-state index is 12.4. The van der Waals surface area contributed by atoms with Gasteiger partial charge in [0.15, 0.2) is 0 Å². The van der Waals surface area contributed by atoms with Crippen molar-refractivity contribution in [2.24, 2.45) is 0 Å². The van der Waals surface area contributed by atoms with E-state index < -0.39 is 5.60 Å². The first-order chi connectivity index (χ1) is 12.9. The number of piperazine rings is 1. The molecule has 1 aromatic carbocycles. The fourth-order valence-electron chi connectivity index (χ4n) is 4.09. The zero-order valence-corrected chi connectivity index (χ0v) is 16.3. The number of pyridine rings is 1. The van der Waals surface area contributed by atoms with Crippen molar-refractivity contribution in [1.29, 1.82) is 0 Å². The standard InChI is InChI=1S/C22H27N3O2/c1-22(2,3)27-21(26)25-15-19-11-20(25)14-24(19)18-10-17(12-23-13-18)9-16-7-5-4-6-8-16/h4-8,10,12-13,19-20H,9,11,14-15H2,1-3H3/t19-,20-/m0/s1. The normalized spacial score (nSPS) is 21.6. The molecule has 2 aromatic rings. The Balaban J connectivity index is 1.43. The highest BCUT2D eigenvalue weighted by molar-refractivity contribution is 5.70. The zero-order chi connectivity index (χ0) is 19.0. The number of nitrogens with zero attached hydrogens (tertiary/aromatic N) is 3. The molecule has 0 radical (unpaired) electrons. The van der Waals surface area contributed by atoms with E-state index in [0.717, 1.165) is 31.6 Å². The van der Waals surface area contributed by atoms with Gasteiger partial charge in [0.05, 0.1) is 17.9 Å². The Morgan fingerprint density at radius 1 is 1.11 bits per heavy atom. The Hall–Kier alpha value is -2.56. The van der Waals surface area contributed by atoms with Crippen LogP contribution >= 0.6 is 0 Å². The van der Waals surface area contributed by atoms with E-state index in [1.165, 1.54) is 11.1 Å². The highest BCUT2D eigenvalue weighted by Gasteiger charge is 2.46. The molecular weight excluding hydrogens is 338 g/mol. The van der Waals surface area contributed by atoms with E-state index in [1.54, 1.807) is 0 Å². The molecule has 0 saturated carbocycles. The van der Waals surface area contributed by atoms with E-state index in [9.17, 15) is 4.79 Å². The van der Waals surface area contributed by atoms with E-state index in [4.69, 9.17) is 4.74 Å². The summed E-state index contributed by atoms with van der Waals surface area (Å²) >= 11 is 0. The van der Waals surface area contributed by atoms with Gasteiger partial charge in [0.25, 0.3) is 0 Å². The average Bonchev–Trinajstić information content (AvgIpc) is 3.22. The van der Waals surface area contributed by atoms with Gasteiger partial charge in [0.1, 0.15) is 5.60 Å². The Bertz CT molecular complexity index is 816. The molecule has 2 aliphatic rings. The number of anilines is 1. The number of hydrogen-bond acceptors (Lipinski definition) is 4. The highest BCUT2D eigenvalue weighted by atomic mass is 16.6. The number of hydrogen-bond donors (Lipinski definition) is 0. The fourth-order valence-corrected chi connectivity index (χ4v) is 4.09. The number of carbonyl (C=O) groups is 1. The van der Waals surface area contributed by atoms with Gasteiger partial charge in [-0.3, -0.25) is 4.98 Å². The minimum absolute atomic E-state index is 0.189. The zero-order valence-electron chi connectivity index (χ0n) is 16.3. The predicted octanol–water partition coefficient (Wildman–Crippen LogP) is 3.87. The lowest BCUT2D eigenvalue weighted by molar-refractivity contribution is 0.0214. The van der Waals surface area contributed by atoms with Crippen LogP contribution in [0.15, 0.2) is 48.8 Å². The fraction of sp³-hybridized carbons (Fsp3) is 0.455. The number of rotatable bonds is 3. The van der Waals surface area contributed by atoms with Crippen molar-refractivity contribution < 1.29 is 9.53 Å². The number of ether oxygens (including phenoxy) is 1. The molecule has 0 spiro atoms. The smallest absolute Gasteiger partial charge is 0.410 e. The largest absolute Gasteiger partial charge is 0.444 e. The van der Waals surface area contributed by atoms with Gasteiger partial charge in [-0.15, -0.1) is 0 Å². The third kappa shape index (κ3) is 3.92. The number of aromatic nitrogens is 1. The van der Waals surface area contributed by atoms with Crippen LogP contribution in [0.3, 0.4) is 0 Å². The minimum Gasteiger partial charge on any atom is -0.444 e. The van der Waals surface area contributed by atoms with Gasteiger partial charge in [-0.1, -0.05) is 30.3 Å². The van der Waals surface area contributed by atoms with E-state index >= 15 is 0 Å². The van der Waals surface area contributed by atoms with Crippen molar-refractivity contribution in [3.63, 3.8) is 0 Å². The number of carbonyl (C=O) groups excluding carboxylic acids is 1. The highest BCUT2D eigenvalue weighted by Crippen LogP contribution is 2.35. The molecular formula is C22H27N3O2. The lowest BCUT2D eigenvalue weighted by Crippen LogP contribution is -2.50. The molecule has 142 valence electrons.